The van der Waals surface area contributed by atoms with Crippen molar-refractivity contribution in [2.24, 2.45) is 5.92 Å². The first-order chi connectivity index (χ1) is 23.7. The van der Waals surface area contributed by atoms with E-state index in [1.54, 1.807) is 30.6 Å². The van der Waals surface area contributed by atoms with Crippen LogP contribution < -0.4 is 19.7 Å². The molecular formula is C38H42FN7O3. The Kier molecular flexibility index (Phi) is 10.5. The third kappa shape index (κ3) is 8.80. The largest absolute Gasteiger partial charge is 0.490 e. The van der Waals surface area contributed by atoms with Crippen LogP contribution in [0.25, 0.3) is 0 Å². The number of ether oxygens (including phenoxy) is 2. The monoisotopic (exact) mass is 663 g/mol. The van der Waals surface area contributed by atoms with E-state index in [9.17, 15) is 4.79 Å². The first-order valence-corrected chi connectivity index (χ1v) is 16.5. The van der Waals surface area contributed by atoms with Crippen LogP contribution in [0.15, 0.2) is 85.3 Å². The Hall–Kier alpha value is -5.29. The number of aromatic nitrogens is 4. The maximum atomic E-state index is 15.1. The van der Waals surface area contributed by atoms with Gasteiger partial charge in [-0.3, -0.25) is 9.58 Å². The highest BCUT2D eigenvalue weighted by Gasteiger charge is 2.23. The zero-order valence-electron chi connectivity index (χ0n) is 28.4. The van der Waals surface area contributed by atoms with Crippen LogP contribution in [0, 0.1) is 32.5 Å². The summed E-state index contributed by atoms with van der Waals surface area (Å²) in [4.78, 5) is 26.7. The summed E-state index contributed by atoms with van der Waals surface area (Å²) >= 11 is 0. The van der Waals surface area contributed by atoms with Crippen molar-refractivity contribution in [3.8, 4) is 11.5 Å². The highest BCUT2D eigenvalue weighted by molar-refractivity contribution is 5.88. The molecule has 3 heterocycles. The lowest BCUT2D eigenvalue weighted by Crippen LogP contribution is -2.34. The summed E-state index contributed by atoms with van der Waals surface area (Å²) in [7, 11) is 2.10. The summed E-state index contributed by atoms with van der Waals surface area (Å²) < 4.78 is 28.8. The van der Waals surface area contributed by atoms with Crippen LogP contribution in [0.1, 0.15) is 40.7 Å². The van der Waals surface area contributed by atoms with Crippen LogP contribution in [0.3, 0.4) is 0 Å². The number of carbonyl (C=O) groups is 1. The van der Waals surface area contributed by atoms with Gasteiger partial charge in [-0.05, 0) is 93.7 Å². The molecular weight excluding hydrogens is 621 g/mol. The van der Waals surface area contributed by atoms with E-state index in [0.717, 1.165) is 53.7 Å². The van der Waals surface area contributed by atoms with Gasteiger partial charge in [0.25, 0.3) is 0 Å². The van der Waals surface area contributed by atoms with Crippen LogP contribution >= 0.6 is 0 Å². The number of hydrogen-bond acceptors (Lipinski definition) is 8. The van der Waals surface area contributed by atoms with Crippen molar-refractivity contribution in [2.75, 3.05) is 37.0 Å². The van der Waals surface area contributed by atoms with E-state index in [4.69, 9.17) is 9.47 Å². The van der Waals surface area contributed by atoms with Crippen LogP contribution in [0.2, 0.25) is 0 Å². The minimum absolute atomic E-state index is 0.184. The van der Waals surface area contributed by atoms with Crippen LogP contribution in [-0.2, 0) is 13.1 Å². The van der Waals surface area contributed by atoms with Crippen molar-refractivity contribution in [3.63, 3.8) is 0 Å². The minimum atomic E-state index is -0.589. The Labute approximate surface area is 286 Å². The Morgan fingerprint density at radius 1 is 1.02 bits per heavy atom. The number of hydrogen-bond donors (Lipinski definition) is 1. The number of amides is 1. The molecule has 6 rings (SSSR count). The zero-order chi connectivity index (χ0) is 34.3. The zero-order valence-corrected chi connectivity index (χ0v) is 28.4. The lowest BCUT2D eigenvalue weighted by atomic mass is 10.00. The van der Waals surface area contributed by atoms with E-state index in [1.807, 2.05) is 74.1 Å². The normalized spacial score (nSPS) is 14.8. The van der Waals surface area contributed by atoms with Crippen LogP contribution in [0.4, 0.5) is 26.6 Å². The second-order valence-corrected chi connectivity index (χ2v) is 12.8. The molecule has 3 aromatic carbocycles. The van der Waals surface area contributed by atoms with Gasteiger partial charge in [-0.2, -0.15) is 10.1 Å². The predicted octanol–water partition coefficient (Wildman–Crippen LogP) is 7.46. The van der Waals surface area contributed by atoms with Gasteiger partial charge in [-0.25, -0.2) is 14.2 Å². The Morgan fingerprint density at radius 2 is 1.84 bits per heavy atom. The quantitative estimate of drug-likeness (QED) is 0.156. The van der Waals surface area contributed by atoms with Gasteiger partial charge < -0.3 is 19.7 Å². The summed E-state index contributed by atoms with van der Waals surface area (Å²) in [5, 5.41) is 7.39. The van der Waals surface area contributed by atoms with Gasteiger partial charge >= 0.3 is 6.09 Å². The first-order valence-electron chi connectivity index (χ1n) is 16.5. The Morgan fingerprint density at radius 3 is 2.59 bits per heavy atom. The maximum Gasteiger partial charge on any atom is 0.421 e. The van der Waals surface area contributed by atoms with Crippen molar-refractivity contribution in [2.45, 2.75) is 46.7 Å². The smallest absolute Gasteiger partial charge is 0.421 e. The Bertz CT molecular complexity index is 1880. The second-order valence-electron chi connectivity index (χ2n) is 12.8. The van der Waals surface area contributed by atoms with E-state index >= 15 is 4.39 Å². The fraction of sp³-hybridized carbons (Fsp3) is 0.316. The number of piperidine rings is 1. The molecule has 2 aromatic heterocycles. The summed E-state index contributed by atoms with van der Waals surface area (Å²) in [5.74, 6) is 1.13. The topological polar surface area (TPSA) is 97.6 Å². The van der Waals surface area contributed by atoms with Crippen molar-refractivity contribution >= 4 is 23.5 Å². The molecule has 5 aromatic rings. The van der Waals surface area contributed by atoms with Crippen molar-refractivity contribution in [1.82, 2.24) is 24.6 Å². The molecule has 1 atom stereocenters. The number of rotatable bonds is 11. The number of halogens is 1. The van der Waals surface area contributed by atoms with Crippen molar-refractivity contribution in [3.05, 3.63) is 119 Å². The van der Waals surface area contributed by atoms with Gasteiger partial charge in [0.15, 0.2) is 11.6 Å². The fourth-order valence-electron chi connectivity index (χ4n) is 6.30. The van der Waals surface area contributed by atoms with Gasteiger partial charge in [0.05, 0.1) is 19.7 Å². The molecule has 0 saturated carbocycles. The molecule has 1 N–H and O–H groups in total. The van der Waals surface area contributed by atoms with E-state index in [0.29, 0.717) is 36.3 Å². The predicted molar refractivity (Wildman–Crippen MR) is 188 cm³/mol. The number of anilines is 3. The standard InChI is InChI=1S/C38H42FN7O3/c1-26-18-27(2)36(28(3)19-26)49-38(47)46(24-30-9-5-8-29(20-30)23-45-17-7-14-41-45)35-13-15-40-37(43-35)42-32-11-12-34(33(39)21-32)48-25-31-10-6-16-44(4)22-31/h5,7-9,11-15,17-21,31H,6,10,16,22-25H2,1-4H3,(H,40,42,43). The lowest BCUT2D eigenvalue weighted by Gasteiger charge is -2.29. The molecule has 0 spiro atoms. The fourth-order valence-corrected chi connectivity index (χ4v) is 6.30. The van der Waals surface area contributed by atoms with Crippen molar-refractivity contribution in [1.29, 1.82) is 0 Å². The highest BCUT2D eigenvalue weighted by Crippen LogP contribution is 2.28. The van der Waals surface area contributed by atoms with Crippen molar-refractivity contribution < 1.29 is 18.7 Å². The number of aryl methyl sites for hydroxylation is 3. The first kappa shape index (κ1) is 33.6. The number of likely N-dealkylation sites (tertiary alicyclic amines) is 1. The molecule has 1 amide bonds. The Balaban J connectivity index is 1.22. The molecule has 1 saturated heterocycles. The molecule has 1 fully saturated rings. The van der Waals surface area contributed by atoms with Gasteiger partial charge in [0, 0.05) is 42.8 Å². The third-order valence-corrected chi connectivity index (χ3v) is 8.55. The third-order valence-electron chi connectivity index (χ3n) is 8.55. The van der Waals surface area contributed by atoms with E-state index in [-0.39, 0.29) is 18.2 Å². The van der Waals surface area contributed by atoms with Crippen LogP contribution in [-0.4, -0.2) is 57.5 Å². The van der Waals surface area contributed by atoms with Gasteiger partial charge in [-0.15, -0.1) is 0 Å². The summed E-state index contributed by atoms with van der Waals surface area (Å²) in [6, 6.07) is 20.1. The molecule has 0 aliphatic carbocycles. The molecule has 254 valence electrons. The summed E-state index contributed by atoms with van der Waals surface area (Å²) in [6.45, 7) is 9.12. The molecule has 11 heteroatoms. The number of carbonyl (C=O) groups excluding carboxylic acids is 1. The van der Waals surface area contributed by atoms with E-state index in [1.165, 1.54) is 11.0 Å². The average molecular weight is 664 g/mol. The molecule has 0 bridgehead atoms. The van der Waals surface area contributed by atoms with Gasteiger partial charge in [-0.1, -0.05) is 42.0 Å². The SMILES string of the molecule is Cc1cc(C)c(OC(=O)N(Cc2cccc(Cn3cccn3)c2)c2ccnc(Nc3ccc(OCC4CCCN(C)C4)c(F)c3)n2)c(C)c1. The minimum Gasteiger partial charge on any atom is -0.490 e. The van der Waals surface area contributed by atoms with Gasteiger partial charge in [0.1, 0.15) is 11.6 Å². The molecule has 1 unspecified atom stereocenters. The molecule has 1 aliphatic rings. The molecule has 1 aliphatic heterocycles. The lowest BCUT2D eigenvalue weighted by molar-refractivity contribution is 0.147. The number of nitrogens with zero attached hydrogens (tertiary/aromatic N) is 6. The van der Waals surface area contributed by atoms with Crippen LogP contribution in [0.5, 0.6) is 11.5 Å². The molecule has 49 heavy (non-hydrogen) atoms. The van der Waals surface area contributed by atoms with Gasteiger partial charge in [0.2, 0.25) is 5.95 Å². The summed E-state index contributed by atoms with van der Waals surface area (Å²) in [5.41, 5.74) is 5.16. The highest BCUT2D eigenvalue weighted by atomic mass is 19.1. The maximum absolute atomic E-state index is 15.1. The molecule has 0 radical (unpaired) electrons. The van der Waals surface area contributed by atoms with E-state index in [2.05, 4.69) is 32.3 Å². The summed E-state index contributed by atoms with van der Waals surface area (Å²) in [6.07, 6.45) is 6.80. The number of nitrogens with one attached hydrogen (secondary N) is 1. The average Bonchev–Trinajstić information content (AvgIpc) is 3.58. The van der Waals surface area contributed by atoms with E-state index < -0.39 is 11.9 Å². The second kappa shape index (κ2) is 15.3. The molecule has 10 nitrogen and oxygen atoms in total. The number of benzene rings is 3.